The van der Waals surface area contributed by atoms with Gasteiger partial charge in [0.25, 0.3) is 0 Å². The molecule has 0 heterocycles. The van der Waals surface area contributed by atoms with Crippen molar-refractivity contribution in [2.45, 2.75) is 77.5 Å². The van der Waals surface area contributed by atoms with Gasteiger partial charge in [0.05, 0.1) is 0 Å². The number of hydrogen-bond donors (Lipinski definition) is 0. The molecule has 0 saturated heterocycles. The normalized spacial score (nSPS) is 20.4. The molecular formula is C14H27NO2. The summed E-state index contributed by atoms with van der Waals surface area (Å²) in [6, 6.07) is 0.406. The van der Waals surface area contributed by atoms with Crippen LogP contribution in [0.15, 0.2) is 0 Å². The summed E-state index contributed by atoms with van der Waals surface area (Å²) >= 11 is 0. The van der Waals surface area contributed by atoms with Crippen molar-refractivity contribution in [3.05, 3.63) is 0 Å². The lowest BCUT2D eigenvalue weighted by molar-refractivity contribution is -0.161. The summed E-state index contributed by atoms with van der Waals surface area (Å²) in [5.74, 6) is -0.106. The molecule has 0 bridgehead atoms. The van der Waals surface area contributed by atoms with E-state index in [1.54, 1.807) is 0 Å². The van der Waals surface area contributed by atoms with Crippen LogP contribution in [0.5, 0.6) is 0 Å². The topological polar surface area (TPSA) is 29.5 Å². The van der Waals surface area contributed by atoms with Crippen molar-refractivity contribution in [3.8, 4) is 0 Å². The number of carbonyl (C=O) groups is 1. The summed E-state index contributed by atoms with van der Waals surface area (Å²) in [5.41, 5.74) is -0.390. The second-order valence-electron chi connectivity index (χ2n) is 6.17. The standard InChI is InChI=1S/C14H27NO2/c1-11(13(16)17-14(2,3)4)15(5)12-9-7-6-8-10-12/h11-12H,6-10H2,1-5H3. The fourth-order valence-electron chi connectivity index (χ4n) is 2.36. The van der Waals surface area contributed by atoms with E-state index in [1.165, 1.54) is 32.1 Å². The fraction of sp³-hybridized carbons (Fsp3) is 0.929. The molecule has 0 aromatic rings. The van der Waals surface area contributed by atoms with Crippen molar-refractivity contribution in [2.75, 3.05) is 7.05 Å². The number of ether oxygens (including phenoxy) is 1. The average molecular weight is 241 g/mol. The Labute approximate surface area is 106 Å². The maximum Gasteiger partial charge on any atom is 0.323 e. The Morgan fingerprint density at radius 2 is 1.76 bits per heavy atom. The van der Waals surface area contributed by atoms with Gasteiger partial charge in [-0.15, -0.1) is 0 Å². The third-order valence-electron chi connectivity index (χ3n) is 3.51. The highest BCUT2D eigenvalue weighted by Crippen LogP contribution is 2.23. The Balaban J connectivity index is 2.50. The summed E-state index contributed by atoms with van der Waals surface area (Å²) in [6.07, 6.45) is 6.34. The SMILES string of the molecule is CC(C(=O)OC(C)(C)C)N(C)C1CCCCC1. The van der Waals surface area contributed by atoms with Gasteiger partial charge in [-0.2, -0.15) is 0 Å². The van der Waals surface area contributed by atoms with Gasteiger partial charge in [-0.3, -0.25) is 9.69 Å². The molecule has 0 aromatic heterocycles. The number of hydrogen-bond acceptors (Lipinski definition) is 3. The molecule has 3 heteroatoms. The minimum Gasteiger partial charge on any atom is -0.459 e. The first-order chi connectivity index (χ1) is 7.81. The van der Waals surface area contributed by atoms with Gasteiger partial charge in [0.1, 0.15) is 11.6 Å². The van der Waals surface area contributed by atoms with Gasteiger partial charge in [0.2, 0.25) is 0 Å². The van der Waals surface area contributed by atoms with E-state index < -0.39 is 5.60 Å². The third-order valence-corrected chi connectivity index (χ3v) is 3.51. The van der Waals surface area contributed by atoms with E-state index in [0.717, 1.165) is 0 Å². The highest BCUT2D eigenvalue weighted by molar-refractivity contribution is 5.75. The summed E-state index contributed by atoms with van der Waals surface area (Å²) in [4.78, 5) is 14.2. The van der Waals surface area contributed by atoms with Crippen molar-refractivity contribution in [2.24, 2.45) is 0 Å². The van der Waals surface area contributed by atoms with E-state index in [4.69, 9.17) is 4.74 Å². The number of nitrogens with zero attached hydrogens (tertiary/aromatic N) is 1. The maximum atomic E-state index is 12.0. The monoisotopic (exact) mass is 241 g/mol. The molecule has 1 rings (SSSR count). The lowest BCUT2D eigenvalue weighted by Crippen LogP contribution is -2.46. The molecule has 1 atom stereocenters. The highest BCUT2D eigenvalue weighted by Gasteiger charge is 2.29. The molecule has 0 amide bonds. The molecule has 0 spiro atoms. The predicted molar refractivity (Wildman–Crippen MR) is 69.9 cm³/mol. The summed E-state index contributed by atoms with van der Waals surface area (Å²) in [7, 11) is 2.05. The van der Waals surface area contributed by atoms with Gasteiger partial charge in [0.15, 0.2) is 0 Å². The summed E-state index contributed by atoms with van der Waals surface area (Å²) in [5, 5.41) is 0. The molecule has 0 aliphatic heterocycles. The van der Waals surface area contributed by atoms with Crippen LogP contribution in [-0.2, 0) is 9.53 Å². The molecule has 1 fully saturated rings. The predicted octanol–water partition coefficient (Wildman–Crippen LogP) is 2.98. The van der Waals surface area contributed by atoms with E-state index in [-0.39, 0.29) is 12.0 Å². The lowest BCUT2D eigenvalue weighted by Gasteiger charge is -2.35. The Bertz CT molecular complexity index is 251. The van der Waals surface area contributed by atoms with Crippen molar-refractivity contribution < 1.29 is 9.53 Å². The van der Waals surface area contributed by atoms with Crippen LogP contribution in [0.2, 0.25) is 0 Å². The van der Waals surface area contributed by atoms with Crippen LogP contribution in [0, 0.1) is 0 Å². The average Bonchev–Trinajstić information content (AvgIpc) is 2.26. The van der Waals surface area contributed by atoms with E-state index in [2.05, 4.69) is 4.90 Å². The molecule has 0 aromatic carbocycles. The van der Waals surface area contributed by atoms with E-state index >= 15 is 0 Å². The lowest BCUT2D eigenvalue weighted by atomic mass is 9.94. The van der Waals surface area contributed by atoms with Gasteiger partial charge in [-0.1, -0.05) is 19.3 Å². The van der Waals surface area contributed by atoms with Crippen molar-refractivity contribution in [1.29, 1.82) is 0 Å². The van der Waals surface area contributed by atoms with Gasteiger partial charge < -0.3 is 4.74 Å². The first kappa shape index (κ1) is 14.5. The van der Waals surface area contributed by atoms with Crippen LogP contribution in [0.3, 0.4) is 0 Å². The minimum atomic E-state index is -0.390. The number of rotatable bonds is 3. The molecule has 100 valence electrons. The number of likely N-dealkylation sites (N-methyl/N-ethyl adjacent to an activating group) is 1. The Morgan fingerprint density at radius 1 is 1.24 bits per heavy atom. The first-order valence-corrected chi connectivity index (χ1v) is 6.76. The molecule has 17 heavy (non-hydrogen) atoms. The van der Waals surface area contributed by atoms with Crippen LogP contribution in [0.1, 0.15) is 59.8 Å². The van der Waals surface area contributed by atoms with Crippen LogP contribution in [0.25, 0.3) is 0 Å². The summed E-state index contributed by atoms with van der Waals surface area (Å²) < 4.78 is 5.43. The minimum absolute atomic E-state index is 0.106. The van der Waals surface area contributed by atoms with E-state index in [1.807, 2.05) is 34.7 Å². The molecule has 1 saturated carbocycles. The van der Waals surface area contributed by atoms with Crippen molar-refractivity contribution in [3.63, 3.8) is 0 Å². The maximum absolute atomic E-state index is 12.0. The fourth-order valence-corrected chi connectivity index (χ4v) is 2.36. The second kappa shape index (κ2) is 5.85. The van der Waals surface area contributed by atoms with Crippen LogP contribution in [0.4, 0.5) is 0 Å². The molecule has 3 nitrogen and oxygen atoms in total. The second-order valence-corrected chi connectivity index (χ2v) is 6.17. The smallest absolute Gasteiger partial charge is 0.323 e. The van der Waals surface area contributed by atoms with Crippen molar-refractivity contribution >= 4 is 5.97 Å². The van der Waals surface area contributed by atoms with E-state index in [9.17, 15) is 4.79 Å². The number of esters is 1. The third kappa shape index (κ3) is 4.66. The van der Waals surface area contributed by atoms with Crippen molar-refractivity contribution in [1.82, 2.24) is 4.90 Å². The zero-order chi connectivity index (χ0) is 13.1. The molecular weight excluding hydrogens is 214 g/mol. The molecule has 0 radical (unpaired) electrons. The van der Waals surface area contributed by atoms with Gasteiger partial charge in [-0.25, -0.2) is 0 Å². The van der Waals surface area contributed by atoms with Gasteiger partial charge >= 0.3 is 5.97 Å². The highest BCUT2D eigenvalue weighted by atomic mass is 16.6. The molecule has 0 N–H and O–H groups in total. The van der Waals surface area contributed by atoms with Crippen LogP contribution < -0.4 is 0 Å². The van der Waals surface area contributed by atoms with Crippen LogP contribution >= 0.6 is 0 Å². The molecule has 1 unspecified atom stereocenters. The number of carbonyl (C=O) groups excluding carboxylic acids is 1. The Kier molecular flexibility index (Phi) is 4.99. The van der Waals surface area contributed by atoms with E-state index in [0.29, 0.717) is 6.04 Å². The zero-order valence-corrected chi connectivity index (χ0v) is 12.0. The Hall–Kier alpha value is -0.570. The van der Waals surface area contributed by atoms with Crippen LogP contribution in [-0.4, -0.2) is 35.6 Å². The first-order valence-electron chi connectivity index (χ1n) is 6.76. The summed E-state index contributed by atoms with van der Waals surface area (Å²) in [6.45, 7) is 7.69. The largest absolute Gasteiger partial charge is 0.459 e. The van der Waals surface area contributed by atoms with Gasteiger partial charge in [0, 0.05) is 6.04 Å². The molecule has 1 aliphatic carbocycles. The van der Waals surface area contributed by atoms with Gasteiger partial charge in [-0.05, 0) is 47.6 Å². The Morgan fingerprint density at radius 3 is 2.24 bits per heavy atom. The zero-order valence-electron chi connectivity index (χ0n) is 12.0. The molecule has 1 aliphatic rings. The quantitative estimate of drug-likeness (QED) is 0.711.